The molecule has 0 spiro atoms. The van der Waals surface area contributed by atoms with Crippen molar-refractivity contribution in [3.05, 3.63) is 42.2 Å². The second kappa shape index (κ2) is 9.35. The van der Waals surface area contributed by atoms with E-state index in [1.54, 1.807) is 11.3 Å². The Bertz CT molecular complexity index is 823. The molecule has 0 saturated heterocycles. The van der Waals surface area contributed by atoms with Gasteiger partial charge in [0.15, 0.2) is 16.7 Å². The normalized spacial score (nSPS) is 11.8. The number of nitrogens with zero attached hydrogens (tertiary/aromatic N) is 2. The molecule has 0 atom stereocenters. The number of thiazole rings is 1. The second-order valence-corrected chi connectivity index (χ2v) is 6.60. The third kappa shape index (κ3) is 4.83. The fourth-order valence-corrected chi connectivity index (χ4v) is 3.37. The van der Waals surface area contributed by atoms with Crippen LogP contribution in [0.4, 0.5) is 0 Å². The number of hydrogen-bond donors (Lipinski definition) is 2. The molecule has 2 N–H and O–H groups in total. The first kappa shape index (κ1) is 18.4. The number of guanidine groups is 1. The van der Waals surface area contributed by atoms with Crippen LogP contribution in [0.15, 0.2) is 45.8 Å². The Hall–Kier alpha value is -2.38. The first-order valence-electron chi connectivity index (χ1n) is 8.84. The van der Waals surface area contributed by atoms with Gasteiger partial charge in [-0.2, -0.15) is 0 Å². The molecule has 2 aromatic heterocycles. The number of ether oxygens (including phenoxy) is 1. The molecule has 3 rings (SSSR count). The molecule has 0 aliphatic heterocycles. The first-order chi connectivity index (χ1) is 12.8. The average Bonchev–Trinajstić information content (AvgIpc) is 3.29. The Balaban J connectivity index is 1.64. The minimum atomic E-state index is 0.467. The minimum absolute atomic E-state index is 0.467. The fraction of sp³-hybridized carbons (Fsp3) is 0.368. The first-order valence-corrected chi connectivity index (χ1v) is 9.66. The van der Waals surface area contributed by atoms with Crippen LogP contribution in [0.2, 0.25) is 0 Å². The zero-order valence-electron chi connectivity index (χ0n) is 15.1. The molecule has 0 aliphatic carbocycles. The number of nitrogens with one attached hydrogen (secondary N) is 2. The van der Waals surface area contributed by atoms with Gasteiger partial charge in [0.25, 0.3) is 0 Å². The molecule has 0 unspecified atom stereocenters. The van der Waals surface area contributed by atoms with Crippen LogP contribution < -0.4 is 10.6 Å². The summed E-state index contributed by atoms with van der Waals surface area (Å²) in [6.07, 6.45) is 0. The van der Waals surface area contributed by atoms with Crippen molar-refractivity contribution in [2.24, 2.45) is 4.99 Å². The van der Waals surface area contributed by atoms with E-state index >= 15 is 0 Å². The molecule has 0 bridgehead atoms. The monoisotopic (exact) mass is 372 g/mol. The summed E-state index contributed by atoms with van der Waals surface area (Å²) in [6.45, 7) is 7.38. The average molecular weight is 372 g/mol. The molecular weight excluding hydrogens is 348 g/mol. The number of benzene rings is 1. The van der Waals surface area contributed by atoms with Gasteiger partial charge in [-0.1, -0.05) is 12.1 Å². The van der Waals surface area contributed by atoms with Crippen molar-refractivity contribution in [3.8, 4) is 10.8 Å². The van der Waals surface area contributed by atoms with Gasteiger partial charge < -0.3 is 19.8 Å². The summed E-state index contributed by atoms with van der Waals surface area (Å²) in [7, 11) is 0. The van der Waals surface area contributed by atoms with Crippen molar-refractivity contribution >= 4 is 27.5 Å². The van der Waals surface area contributed by atoms with Gasteiger partial charge in [0.2, 0.25) is 0 Å². The van der Waals surface area contributed by atoms with Crippen LogP contribution in [0, 0.1) is 0 Å². The molecule has 0 fully saturated rings. The molecule has 6 nitrogen and oxygen atoms in total. The van der Waals surface area contributed by atoms with Gasteiger partial charge in [0.1, 0.15) is 12.3 Å². The van der Waals surface area contributed by atoms with E-state index in [0.717, 1.165) is 52.4 Å². The van der Waals surface area contributed by atoms with Crippen LogP contribution in [0.3, 0.4) is 0 Å². The van der Waals surface area contributed by atoms with Crippen LogP contribution >= 0.6 is 11.3 Å². The molecule has 0 radical (unpaired) electrons. The van der Waals surface area contributed by atoms with Crippen molar-refractivity contribution in [3.63, 3.8) is 0 Å². The van der Waals surface area contributed by atoms with Gasteiger partial charge in [-0.25, -0.2) is 9.98 Å². The molecule has 0 amide bonds. The molecule has 0 aliphatic rings. The van der Waals surface area contributed by atoms with E-state index in [9.17, 15) is 0 Å². The maximum atomic E-state index is 5.93. The van der Waals surface area contributed by atoms with Crippen molar-refractivity contribution in [1.82, 2.24) is 15.6 Å². The number of aromatic nitrogens is 1. The zero-order valence-corrected chi connectivity index (χ0v) is 15.9. The van der Waals surface area contributed by atoms with E-state index in [2.05, 4.69) is 26.7 Å². The molecule has 138 valence electrons. The predicted molar refractivity (Wildman–Crippen MR) is 107 cm³/mol. The number of para-hydroxylation sites is 1. The summed E-state index contributed by atoms with van der Waals surface area (Å²) in [5.41, 5.74) is 0.997. The molecule has 7 heteroatoms. The van der Waals surface area contributed by atoms with E-state index in [1.165, 1.54) is 0 Å². The Kier molecular flexibility index (Phi) is 6.62. The van der Waals surface area contributed by atoms with E-state index in [4.69, 9.17) is 9.15 Å². The highest BCUT2D eigenvalue weighted by Gasteiger charge is 2.10. The summed E-state index contributed by atoms with van der Waals surface area (Å²) in [5.74, 6) is 2.34. The summed E-state index contributed by atoms with van der Waals surface area (Å²) in [4.78, 5) is 9.19. The lowest BCUT2D eigenvalue weighted by atomic mass is 10.3. The summed E-state index contributed by atoms with van der Waals surface area (Å²) >= 11 is 1.63. The van der Waals surface area contributed by atoms with E-state index < -0.39 is 0 Å². The molecule has 0 saturated carbocycles. The van der Waals surface area contributed by atoms with Crippen LogP contribution in [-0.2, 0) is 11.3 Å². The van der Waals surface area contributed by atoms with Crippen molar-refractivity contribution in [2.75, 3.05) is 26.3 Å². The van der Waals surface area contributed by atoms with Crippen LogP contribution in [0.25, 0.3) is 21.0 Å². The lowest BCUT2D eigenvalue weighted by Crippen LogP contribution is -2.38. The number of aliphatic imine (C=N–C) groups is 1. The fourth-order valence-electron chi connectivity index (χ4n) is 2.44. The maximum absolute atomic E-state index is 5.93. The molecule has 3 aromatic rings. The predicted octanol–water partition coefficient (Wildman–Crippen LogP) is 3.65. The Morgan fingerprint density at radius 2 is 2.08 bits per heavy atom. The summed E-state index contributed by atoms with van der Waals surface area (Å²) in [6, 6.07) is 12.0. The minimum Gasteiger partial charge on any atom is -0.457 e. The van der Waals surface area contributed by atoms with Crippen LogP contribution in [0.5, 0.6) is 0 Å². The molecular formula is C19H24N4O2S. The van der Waals surface area contributed by atoms with E-state index in [1.807, 2.05) is 44.2 Å². The van der Waals surface area contributed by atoms with Crippen LogP contribution in [-0.4, -0.2) is 37.2 Å². The zero-order chi connectivity index (χ0) is 18.2. The van der Waals surface area contributed by atoms with Gasteiger partial charge in [0, 0.05) is 19.7 Å². The highest BCUT2D eigenvalue weighted by atomic mass is 32.1. The standard InChI is InChI=1S/C19H24N4O2S/c1-3-20-19(21-11-12-24-4-2)22-13-14-9-10-16(25-14)18-23-15-7-5-6-8-17(15)26-18/h5-10H,3-4,11-13H2,1-2H3,(H2,20,21,22). The smallest absolute Gasteiger partial charge is 0.191 e. The molecule has 1 aromatic carbocycles. The lowest BCUT2D eigenvalue weighted by molar-refractivity contribution is 0.152. The quantitative estimate of drug-likeness (QED) is 0.359. The van der Waals surface area contributed by atoms with Crippen molar-refractivity contribution in [1.29, 1.82) is 0 Å². The Labute approximate surface area is 157 Å². The van der Waals surface area contributed by atoms with Gasteiger partial charge >= 0.3 is 0 Å². The molecule has 26 heavy (non-hydrogen) atoms. The van der Waals surface area contributed by atoms with Gasteiger partial charge in [-0.3, -0.25) is 0 Å². The van der Waals surface area contributed by atoms with Crippen molar-refractivity contribution < 1.29 is 9.15 Å². The van der Waals surface area contributed by atoms with Crippen LogP contribution in [0.1, 0.15) is 19.6 Å². The van der Waals surface area contributed by atoms with Gasteiger partial charge in [-0.05, 0) is 38.1 Å². The van der Waals surface area contributed by atoms with E-state index in [-0.39, 0.29) is 0 Å². The van der Waals surface area contributed by atoms with Crippen molar-refractivity contribution in [2.45, 2.75) is 20.4 Å². The third-order valence-electron chi connectivity index (χ3n) is 3.65. The number of rotatable bonds is 8. The lowest BCUT2D eigenvalue weighted by Gasteiger charge is -2.10. The van der Waals surface area contributed by atoms with Gasteiger partial charge in [-0.15, -0.1) is 11.3 Å². The topological polar surface area (TPSA) is 71.7 Å². The summed E-state index contributed by atoms with van der Waals surface area (Å²) < 4.78 is 12.4. The highest BCUT2D eigenvalue weighted by molar-refractivity contribution is 7.21. The Morgan fingerprint density at radius 3 is 2.88 bits per heavy atom. The second-order valence-electron chi connectivity index (χ2n) is 5.57. The maximum Gasteiger partial charge on any atom is 0.191 e. The highest BCUT2D eigenvalue weighted by Crippen LogP contribution is 2.31. The number of furan rings is 1. The Morgan fingerprint density at radius 1 is 1.19 bits per heavy atom. The van der Waals surface area contributed by atoms with E-state index in [0.29, 0.717) is 13.2 Å². The number of fused-ring (bicyclic) bond motifs is 1. The largest absolute Gasteiger partial charge is 0.457 e. The van der Waals surface area contributed by atoms with Gasteiger partial charge in [0.05, 0.1) is 16.8 Å². The molecule has 2 heterocycles. The SMILES string of the molecule is CCNC(=NCc1ccc(-c2nc3ccccc3s2)o1)NCCOCC. The number of hydrogen-bond acceptors (Lipinski definition) is 5. The summed E-state index contributed by atoms with van der Waals surface area (Å²) in [5, 5.41) is 7.35. The third-order valence-corrected chi connectivity index (χ3v) is 4.70.